The molecule has 0 unspecified atom stereocenters. The molecule has 94 valence electrons. The molecule has 0 amide bonds. The lowest BCUT2D eigenvalue weighted by atomic mass is 10.1. The minimum atomic E-state index is -4.59. The monoisotopic (exact) mass is 258 g/mol. The maximum atomic E-state index is 12.7. The summed E-state index contributed by atoms with van der Waals surface area (Å²) in [4.78, 5) is 14.1. The average molecular weight is 258 g/mol. The van der Waals surface area contributed by atoms with Crippen molar-refractivity contribution in [1.82, 2.24) is 10.1 Å². The van der Waals surface area contributed by atoms with Crippen LogP contribution in [-0.2, 0) is 6.18 Å². The molecule has 2 rings (SSSR count). The second-order valence-corrected chi connectivity index (χ2v) is 3.30. The van der Waals surface area contributed by atoms with Crippen LogP contribution in [0.2, 0.25) is 0 Å². The SMILES string of the molecule is O=C(O)c1cc(-c2cnccc2C(F)(F)F)on1. The van der Waals surface area contributed by atoms with E-state index in [1.807, 2.05) is 0 Å². The Morgan fingerprint density at radius 2 is 2.11 bits per heavy atom. The van der Waals surface area contributed by atoms with Gasteiger partial charge in [0.25, 0.3) is 0 Å². The Balaban J connectivity index is 2.53. The predicted octanol–water partition coefficient (Wildman–Crippen LogP) is 2.45. The van der Waals surface area contributed by atoms with Crippen molar-refractivity contribution in [2.75, 3.05) is 0 Å². The summed E-state index contributed by atoms with van der Waals surface area (Å²) in [5.74, 6) is -1.68. The van der Waals surface area contributed by atoms with Crippen molar-refractivity contribution in [2.45, 2.75) is 6.18 Å². The zero-order valence-corrected chi connectivity index (χ0v) is 8.60. The van der Waals surface area contributed by atoms with Gasteiger partial charge in [0, 0.05) is 18.5 Å². The van der Waals surface area contributed by atoms with Crippen molar-refractivity contribution in [3.63, 3.8) is 0 Å². The summed E-state index contributed by atoms with van der Waals surface area (Å²) in [6.45, 7) is 0. The molecule has 2 aromatic heterocycles. The van der Waals surface area contributed by atoms with Crippen molar-refractivity contribution in [3.05, 3.63) is 35.8 Å². The molecule has 0 aliphatic rings. The van der Waals surface area contributed by atoms with Crippen molar-refractivity contribution in [3.8, 4) is 11.3 Å². The van der Waals surface area contributed by atoms with E-state index in [-0.39, 0.29) is 11.3 Å². The van der Waals surface area contributed by atoms with Crippen LogP contribution in [0.3, 0.4) is 0 Å². The largest absolute Gasteiger partial charge is 0.476 e. The van der Waals surface area contributed by atoms with Crippen LogP contribution >= 0.6 is 0 Å². The van der Waals surface area contributed by atoms with E-state index in [2.05, 4.69) is 14.7 Å². The number of carboxylic acid groups (broad SMARTS) is 1. The van der Waals surface area contributed by atoms with Gasteiger partial charge in [-0.2, -0.15) is 13.2 Å². The van der Waals surface area contributed by atoms with Crippen LogP contribution in [0.15, 0.2) is 29.0 Å². The van der Waals surface area contributed by atoms with Crippen LogP contribution in [-0.4, -0.2) is 21.2 Å². The number of rotatable bonds is 2. The van der Waals surface area contributed by atoms with Crippen LogP contribution in [0.4, 0.5) is 13.2 Å². The highest BCUT2D eigenvalue weighted by molar-refractivity contribution is 5.86. The van der Waals surface area contributed by atoms with Gasteiger partial charge in [0.05, 0.1) is 11.1 Å². The van der Waals surface area contributed by atoms with E-state index >= 15 is 0 Å². The van der Waals surface area contributed by atoms with Crippen molar-refractivity contribution in [1.29, 1.82) is 0 Å². The van der Waals surface area contributed by atoms with Gasteiger partial charge in [0.2, 0.25) is 0 Å². The maximum Gasteiger partial charge on any atom is 0.417 e. The van der Waals surface area contributed by atoms with Gasteiger partial charge in [-0.15, -0.1) is 0 Å². The van der Waals surface area contributed by atoms with E-state index in [1.54, 1.807) is 0 Å². The molecule has 0 fully saturated rings. The maximum absolute atomic E-state index is 12.7. The van der Waals surface area contributed by atoms with E-state index in [0.29, 0.717) is 0 Å². The Morgan fingerprint density at radius 3 is 2.67 bits per heavy atom. The summed E-state index contributed by atoms with van der Waals surface area (Å²) in [5, 5.41) is 11.8. The van der Waals surface area contributed by atoms with Gasteiger partial charge in [-0.1, -0.05) is 5.16 Å². The van der Waals surface area contributed by atoms with E-state index in [1.165, 1.54) is 0 Å². The molecule has 1 N–H and O–H groups in total. The number of nitrogens with zero attached hydrogens (tertiary/aromatic N) is 2. The Kier molecular flexibility index (Phi) is 2.77. The molecule has 2 aromatic rings. The number of pyridine rings is 1. The van der Waals surface area contributed by atoms with E-state index in [0.717, 1.165) is 24.5 Å². The average Bonchev–Trinajstić information content (AvgIpc) is 2.77. The second-order valence-electron chi connectivity index (χ2n) is 3.30. The first kappa shape index (κ1) is 12.1. The number of hydrogen-bond donors (Lipinski definition) is 1. The first-order valence-corrected chi connectivity index (χ1v) is 4.61. The smallest absolute Gasteiger partial charge is 0.417 e. The first-order valence-electron chi connectivity index (χ1n) is 4.61. The third-order valence-electron chi connectivity index (χ3n) is 2.12. The molecule has 0 spiro atoms. The summed E-state index contributed by atoms with van der Waals surface area (Å²) in [6, 6.07) is 1.69. The van der Waals surface area contributed by atoms with Gasteiger partial charge in [-0.25, -0.2) is 4.79 Å². The zero-order chi connectivity index (χ0) is 13.3. The highest BCUT2D eigenvalue weighted by atomic mass is 19.4. The molecule has 18 heavy (non-hydrogen) atoms. The molecular weight excluding hydrogens is 253 g/mol. The number of halogens is 3. The summed E-state index contributed by atoms with van der Waals surface area (Å²) >= 11 is 0. The van der Waals surface area contributed by atoms with Crippen LogP contribution < -0.4 is 0 Å². The lowest BCUT2D eigenvalue weighted by Gasteiger charge is -2.09. The normalized spacial score (nSPS) is 11.5. The molecule has 0 radical (unpaired) electrons. The summed E-state index contributed by atoms with van der Waals surface area (Å²) in [7, 11) is 0. The highest BCUT2D eigenvalue weighted by Crippen LogP contribution is 2.36. The fourth-order valence-corrected chi connectivity index (χ4v) is 1.34. The van der Waals surface area contributed by atoms with Crippen LogP contribution in [0.25, 0.3) is 11.3 Å². The Bertz CT molecular complexity index is 592. The molecule has 8 heteroatoms. The molecule has 0 bridgehead atoms. The number of aromatic carboxylic acids is 1. The first-order chi connectivity index (χ1) is 8.39. The molecule has 0 saturated heterocycles. The number of alkyl halides is 3. The molecule has 2 heterocycles. The molecular formula is C10H5F3N2O3. The third-order valence-corrected chi connectivity index (χ3v) is 2.12. The molecule has 0 aromatic carbocycles. The summed E-state index contributed by atoms with van der Waals surface area (Å²) in [5.41, 5.74) is -1.79. The minimum Gasteiger partial charge on any atom is -0.476 e. The molecule has 0 aliphatic heterocycles. The van der Waals surface area contributed by atoms with Gasteiger partial charge in [-0.3, -0.25) is 4.98 Å². The summed E-state index contributed by atoms with van der Waals surface area (Å²) in [6.07, 6.45) is -2.66. The van der Waals surface area contributed by atoms with Gasteiger partial charge >= 0.3 is 12.1 Å². The fourth-order valence-electron chi connectivity index (χ4n) is 1.34. The van der Waals surface area contributed by atoms with E-state index in [9.17, 15) is 18.0 Å². The van der Waals surface area contributed by atoms with Crippen LogP contribution in [0.1, 0.15) is 16.1 Å². The highest BCUT2D eigenvalue weighted by Gasteiger charge is 2.34. The van der Waals surface area contributed by atoms with Gasteiger partial charge in [-0.05, 0) is 6.07 Å². The Hall–Kier alpha value is -2.38. The fraction of sp³-hybridized carbons (Fsp3) is 0.100. The standard InChI is InChI=1S/C10H5F3N2O3/c11-10(12,13)6-1-2-14-4-5(6)8-3-7(9(16)17)15-18-8/h1-4H,(H,16,17). The zero-order valence-electron chi connectivity index (χ0n) is 8.60. The molecule has 0 aliphatic carbocycles. The molecule has 5 nitrogen and oxygen atoms in total. The summed E-state index contributed by atoms with van der Waals surface area (Å²) < 4.78 is 42.7. The van der Waals surface area contributed by atoms with Crippen molar-refractivity contribution >= 4 is 5.97 Å². The predicted molar refractivity (Wildman–Crippen MR) is 51.7 cm³/mol. The van der Waals surface area contributed by atoms with Gasteiger partial charge < -0.3 is 9.63 Å². The van der Waals surface area contributed by atoms with Crippen molar-refractivity contribution in [2.24, 2.45) is 0 Å². The number of carbonyl (C=O) groups is 1. The quantitative estimate of drug-likeness (QED) is 0.895. The minimum absolute atomic E-state index is 0.298. The number of hydrogen-bond acceptors (Lipinski definition) is 4. The van der Waals surface area contributed by atoms with Gasteiger partial charge in [0.15, 0.2) is 11.5 Å². The van der Waals surface area contributed by atoms with Gasteiger partial charge in [0.1, 0.15) is 0 Å². The molecule has 0 saturated carbocycles. The second kappa shape index (κ2) is 4.13. The Morgan fingerprint density at radius 1 is 1.39 bits per heavy atom. The number of carboxylic acids is 1. The lowest BCUT2D eigenvalue weighted by Crippen LogP contribution is -2.07. The lowest BCUT2D eigenvalue weighted by molar-refractivity contribution is -0.137. The van der Waals surface area contributed by atoms with Crippen molar-refractivity contribution < 1.29 is 27.6 Å². The van der Waals surface area contributed by atoms with Crippen LogP contribution in [0, 0.1) is 0 Å². The topological polar surface area (TPSA) is 76.2 Å². The van der Waals surface area contributed by atoms with E-state index < -0.39 is 23.4 Å². The van der Waals surface area contributed by atoms with Crippen LogP contribution in [0.5, 0.6) is 0 Å². The Labute approximate surface area is 97.9 Å². The molecule has 0 atom stereocenters. The van der Waals surface area contributed by atoms with E-state index in [4.69, 9.17) is 5.11 Å². The third kappa shape index (κ3) is 2.17. The number of aromatic nitrogens is 2.